The van der Waals surface area contributed by atoms with Crippen molar-refractivity contribution in [2.75, 3.05) is 18.0 Å². The van der Waals surface area contributed by atoms with Crippen molar-refractivity contribution in [3.8, 4) is 0 Å². The molecule has 0 bridgehead atoms. The molecule has 0 radical (unpaired) electrons. The maximum Gasteiger partial charge on any atom is 0.257 e. The third-order valence-electron chi connectivity index (χ3n) is 6.98. The molecular formula is C24H30N4O3. The summed E-state index contributed by atoms with van der Waals surface area (Å²) in [5, 5.41) is 15.6. The Bertz CT molecular complexity index is 1160. The highest BCUT2D eigenvalue weighted by Crippen LogP contribution is 2.31. The topological polar surface area (TPSA) is 84.4 Å². The summed E-state index contributed by atoms with van der Waals surface area (Å²) in [5.41, 5.74) is 3.66. The standard InChI is InChI=1S/C24H30N4O3/c1-15-5-7-19-21(14-15)31-26-22(19)27-12-9-17(10-13-27)6-8-18-16(2)25-23-20(29)4-3-11-28(23)24(18)30/h5,7,14,17,20,29H,3-4,6,8-13H2,1-2H3. The first-order valence-corrected chi connectivity index (χ1v) is 11.4. The van der Waals surface area contributed by atoms with E-state index >= 15 is 0 Å². The molecule has 2 aliphatic heterocycles. The fraction of sp³-hybridized carbons (Fsp3) is 0.542. The largest absolute Gasteiger partial charge is 0.385 e. The first kappa shape index (κ1) is 20.2. The van der Waals surface area contributed by atoms with E-state index in [1.54, 1.807) is 4.57 Å². The molecule has 7 heteroatoms. The van der Waals surface area contributed by atoms with E-state index < -0.39 is 6.10 Å². The van der Waals surface area contributed by atoms with Crippen LogP contribution in [-0.2, 0) is 13.0 Å². The summed E-state index contributed by atoms with van der Waals surface area (Å²) in [6.45, 7) is 6.52. The summed E-state index contributed by atoms with van der Waals surface area (Å²) in [4.78, 5) is 19.9. The molecule has 4 heterocycles. The fourth-order valence-electron chi connectivity index (χ4n) is 5.09. The molecule has 1 fully saturated rings. The lowest BCUT2D eigenvalue weighted by atomic mass is 9.90. The maximum absolute atomic E-state index is 13.0. The Morgan fingerprint density at radius 1 is 1.16 bits per heavy atom. The molecule has 164 valence electrons. The number of aliphatic hydroxyl groups excluding tert-OH is 1. The molecule has 0 saturated carbocycles. The van der Waals surface area contributed by atoms with Gasteiger partial charge in [-0.05, 0) is 76.0 Å². The number of benzene rings is 1. The van der Waals surface area contributed by atoms with Gasteiger partial charge < -0.3 is 14.5 Å². The van der Waals surface area contributed by atoms with Crippen LogP contribution in [0, 0.1) is 19.8 Å². The van der Waals surface area contributed by atoms with Gasteiger partial charge in [0.05, 0.1) is 5.39 Å². The smallest absolute Gasteiger partial charge is 0.257 e. The predicted octanol–water partition coefficient (Wildman–Crippen LogP) is 3.68. The Kier molecular flexibility index (Phi) is 5.30. The van der Waals surface area contributed by atoms with Crippen LogP contribution >= 0.6 is 0 Å². The molecule has 7 nitrogen and oxygen atoms in total. The van der Waals surface area contributed by atoms with Gasteiger partial charge in [-0.2, -0.15) is 0 Å². The van der Waals surface area contributed by atoms with E-state index in [4.69, 9.17) is 4.52 Å². The van der Waals surface area contributed by atoms with Crippen LogP contribution < -0.4 is 10.5 Å². The Morgan fingerprint density at radius 2 is 1.97 bits per heavy atom. The molecule has 1 aromatic carbocycles. The first-order valence-electron chi connectivity index (χ1n) is 11.4. The Labute approximate surface area is 181 Å². The van der Waals surface area contributed by atoms with Crippen LogP contribution in [0.3, 0.4) is 0 Å². The van der Waals surface area contributed by atoms with E-state index in [1.807, 2.05) is 13.0 Å². The molecule has 2 aromatic heterocycles. The van der Waals surface area contributed by atoms with Crippen LogP contribution in [0.4, 0.5) is 5.82 Å². The highest BCUT2D eigenvalue weighted by atomic mass is 16.5. The molecule has 1 saturated heterocycles. The highest BCUT2D eigenvalue weighted by molar-refractivity contribution is 5.89. The summed E-state index contributed by atoms with van der Waals surface area (Å²) in [6, 6.07) is 6.23. The van der Waals surface area contributed by atoms with Gasteiger partial charge in [-0.25, -0.2) is 4.98 Å². The van der Waals surface area contributed by atoms with Crippen molar-refractivity contribution in [2.24, 2.45) is 5.92 Å². The minimum absolute atomic E-state index is 0.0445. The number of hydrogen-bond acceptors (Lipinski definition) is 6. The molecule has 31 heavy (non-hydrogen) atoms. The van der Waals surface area contributed by atoms with E-state index in [-0.39, 0.29) is 5.56 Å². The molecule has 1 unspecified atom stereocenters. The number of hydrogen-bond donors (Lipinski definition) is 1. The van der Waals surface area contributed by atoms with E-state index in [0.29, 0.717) is 24.7 Å². The van der Waals surface area contributed by atoms with Crippen LogP contribution in [0.1, 0.15) is 60.9 Å². The fourth-order valence-corrected chi connectivity index (χ4v) is 5.09. The minimum Gasteiger partial charge on any atom is -0.385 e. The third-order valence-corrected chi connectivity index (χ3v) is 6.98. The van der Waals surface area contributed by atoms with Gasteiger partial charge in [0.15, 0.2) is 11.4 Å². The summed E-state index contributed by atoms with van der Waals surface area (Å²) in [6.07, 6.45) is 4.80. The second-order valence-electron chi connectivity index (χ2n) is 9.12. The van der Waals surface area contributed by atoms with Crippen molar-refractivity contribution in [2.45, 2.75) is 65.0 Å². The van der Waals surface area contributed by atoms with Crippen molar-refractivity contribution >= 4 is 16.8 Å². The second-order valence-corrected chi connectivity index (χ2v) is 9.12. The van der Waals surface area contributed by atoms with E-state index in [1.165, 1.54) is 5.56 Å². The van der Waals surface area contributed by atoms with Crippen LogP contribution in [0.5, 0.6) is 0 Å². The monoisotopic (exact) mass is 422 g/mol. The highest BCUT2D eigenvalue weighted by Gasteiger charge is 2.26. The second kappa shape index (κ2) is 8.11. The molecule has 0 spiro atoms. The lowest BCUT2D eigenvalue weighted by molar-refractivity contribution is 0.129. The minimum atomic E-state index is -0.616. The summed E-state index contributed by atoms with van der Waals surface area (Å²) < 4.78 is 7.23. The Balaban J connectivity index is 1.24. The van der Waals surface area contributed by atoms with Gasteiger partial charge in [0, 0.05) is 30.9 Å². The van der Waals surface area contributed by atoms with E-state index in [2.05, 4.69) is 34.1 Å². The van der Waals surface area contributed by atoms with Crippen molar-refractivity contribution in [3.05, 3.63) is 51.2 Å². The molecule has 1 N–H and O–H groups in total. The van der Waals surface area contributed by atoms with Crippen LogP contribution in [0.2, 0.25) is 0 Å². The number of anilines is 1. The molecule has 5 rings (SSSR count). The molecular weight excluding hydrogens is 392 g/mol. The zero-order valence-electron chi connectivity index (χ0n) is 18.3. The van der Waals surface area contributed by atoms with Crippen molar-refractivity contribution in [1.29, 1.82) is 0 Å². The normalized spacial score (nSPS) is 19.7. The van der Waals surface area contributed by atoms with Gasteiger partial charge in [-0.1, -0.05) is 11.2 Å². The molecule has 2 aliphatic rings. The Morgan fingerprint density at radius 3 is 2.77 bits per heavy atom. The number of aliphatic hydroxyl groups is 1. The van der Waals surface area contributed by atoms with E-state index in [9.17, 15) is 9.90 Å². The van der Waals surface area contributed by atoms with Gasteiger partial charge >= 0.3 is 0 Å². The van der Waals surface area contributed by atoms with Crippen LogP contribution in [0.25, 0.3) is 11.0 Å². The zero-order chi connectivity index (χ0) is 21.5. The van der Waals surface area contributed by atoms with Crippen molar-refractivity contribution in [1.82, 2.24) is 14.7 Å². The summed E-state index contributed by atoms with van der Waals surface area (Å²) in [5.74, 6) is 2.07. The van der Waals surface area contributed by atoms with Gasteiger partial charge in [0.2, 0.25) is 0 Å². The van der Waals surface area contributed by atoms with E-state index in [0.717, 1.165) is 73.2 Å². The number of nitrogens with zero attached hydrogens (tertiary/aromatic N) is 4. The van der Waals surface area contributed by atoms with Crippen molar-refractivity contribution < 1.29 is 9.63 Å². The lowest BCUT2D eigenvalue weighted by Gasteiger charge is -2.32. The van der Waals surface area contributed by atoms with Gasteiger partial charge in [-0.15, -0.1) is 0 Å². The van der Waals surface area contributed by atoms with Gasteiger partial charge in [0.1, 0.15) is 11.9 Å². The van der Waals surface area contributed by atoms with Crippen LogP contribution in [-0.4, -0.2) is 32.9 Å². The molecule has 1 atom stereocenters. The quantitative estimate of drug-likeness (QED) is 0.691. The number of aryl methyl sites for hydroxylation is 2. The molecule has 3 aromatic rings. The number of aromatic nitrogens is 3. The maximum atomic E-state index is 13.0. The third kappa shape index (κ3) is 3.76. The van der Waals surface area contributed by atoms with Gasteiger partial charge in [0.25, 0.3) is 5.56 Å². The average Bonchev–Trinajstić information content (AvgIpc) is 3.18. The van der Waals surface area contributed by atoms with Crippen LogP contribution in [0.15, 0.2) is 27.5 Å². The lowest BCUT2D eigenvalue weighted by Crippen LogP contribution is -2.35. The number of rotatable bonds is 4. The Hall–Kier alpha value is -2.67. The molecule has 0 aliphatic carbocycles. The molecule has 0 amide bonds. The number of fused-ring (bicyclic) bond motifs is 2. The van der Waals surface area contributed by atoms with Crippen molar-refractivity contribution in [3.63, 3.8) is 0 Å². The SMILES string of the molecule is Cc1ccc2c(N3CCC(CCc4c(C)nc5n(c4=O)CCCC5O)CC3)noc2c1. The first-order chi connectivity index (χ1) is 15.0. The average molecular weight is 423 g/mol. The zero-order valence-corrected chi connectivity index (χ0v) is 18.3. The summed E-state index contributed by atoms with van der Waals surface area (Å²) >= 11 is 0. The van der Waals surface area contributed by atoms with Gasteiger partial charge in [-0.3, -0.25) is 9.36 Å². The number of piperidine rings is 1. The predicted molar refractivity (Wildman–Crippen MR) is 119 cm³/mol. The summed E-state index contributed by atoms with van der Waals surface area (Å²) in [7, 11) is 0.